The Labute approximate surface area is 141 Å². The van der Waals surface area contributed by atoms with Gasteiger partial charge in [-0.3, -0.25) is 9.59 Å². The molecule has 2 rings (SSSR count). The molecule has 5 nitrogen and oxygen atoms in total. The number of benzene rings is 1. The van der Waals surface area contributed by atoms with Crippen molar-refractivity contribution in [2.75, 3.05) is 13.7 Å². The Bertz CT molecular complexity index is 633. The van der Waals surface area contributed by atoms with Crippen LogP contribution >= 0.6 is 0 Å². The maximum Gasteiger partial charge on any atom is 0.220 e. The zero-order valence-corrected chi connectivity index (χ0v) is 13.9. The Morgan fingerprint density at radius 3 is 2.92 bits per heavy atom. The molecule has 0 unspecified atom stereocenters. The van der Waals surface area contributed by atoms with Crippen LogP contribution in [-0.2, 0) is 16.0 Å². The van der Waals surface area contributed by atoms with E-state index in [2.05, 4.69) is 17.2 Å². The van der Waals surface area contributed by atoms with Gasteiger partial charge in [-0.1, -0.05) is 12.1 Å². The first-order chi connectivity index (χ1) is 11.5. The number of carbonyl (C=O) groups excluding carboxylic acids is 2. The molecule has 0 aliphatic carbocycles. The first-order valence-electron chi connectivity index (χ1n) is 7.99. The summed E-state index contributed by atoms with van der Waals surface area (Å²) >= 11 is 0. The molecule has 1 aliphatic heterocycles. The summed E-state index contributed by atoms with van der Waals surface area (Å²) in [7, 11) is 1.48. The summed E-state index contributed by atoms with van der Waals surface area (Å²) < 4.78 is 19.2. The molecule has 1 atom stereocenters. The second kappa shape index (κ2) is 7.95. The lowest BCUT2D eigenvalue weighted by atomic mass is 9.84. The van der Waals surface area contributed by atoms with Gasteiger partial charge < -0.3 is 15.4 Å². The number of ether oxygens (including phenoxy) is 1. The van der Waals surface area contributed by atoms with Crippen molar-refractivity contribution < 1.29 is 18.7 Å². The molecule has 1 heterocycles. The number of amides is 2. The molecule has 24 heavy (non-hydrogen) atoms. The van der Waals surface area contributed by atoms with Crippen molar-refractivity contribution in [3.63, 3.8) is 0 Å². The third kappa shape index (κ3) is 4.57. The molecule has 2 N–H and O–H groups in total. The second-order valence-corrected chi connectivity index (χ2v) is 6.06. The van der Waals surface area contributed by atoms with Crippen LogP contribution in [0.1, 0.15) is 31.2 Å². The van der Waals surface area contributed by atoms with E-state index < -0.39 is 5.54 Å². The van der Waals surface area contributed by atoms with E-state index in [1.807, 2.05) is 0 Å². The minimum absolute atomic E-state index is 0.0598. The van der Waals surface area contributed by atoms with Gasteiger partial charge in [-0.15, -0.1) is 6.58 Å². The molecule has 130 valence electrons. The van der Waals surface area contributed by atoms with E-state index in [-0.39, 0.29) is 24.1 Å². The lowest BCUT2D eigenvalue weighted by molar-refractivity contribution is -0.122. The lowest BCUT2D eigenvalue weighted by Gasteiger charge is -2.29. The molecule has 0 bridgehead atoms. The van der Waals surface area contributed by atoms with Crippen molar-refractivity contribution in [2.45, 2.75) is 37.6 Å². The van der Waals surface area contributed by atoms with Crippen molar-refractivity contribution in [3.05, 3.63) is 42.2 Å². The fraction of sp³-hybridized carbons (Fsp3) is 0.444. The number of carbonyl (C=O) groups is 2. The van der Waals surface area contributed by atoms with Gasteiger partial charge in [-0.2, -0.15) is 0 Å². The Balaban J connectivity index is 2.09. The average Bonchev–Trinajstić information content (AvgIpc) is 2.94. The standard InChI is InChI=1S/C18H23FN2O3/c1-3-10-20-16(22)6-8-18(9-7-17(23)21-18)12-13-4-5-14(24-2)11-15(13)19/h3-5,11H,1,6-10,12H2,2H3,(H,20,22)(H,21,23)/t18-/m0/s1. The van der Waals surface area contributed by atoms with Crippen LogP contribution in [0.4, 0.5) is 4.39 Å². The molecule has 6 heteroatoms. The summed E-state index contributed by atoms with van der Waals surface area (Å²) in [5.41, 5.74) is -0.0811. The molecular weight excluding hydrogens is 311 g/mol. The van der Waals surface area contributed by atoms with Gasteiger partial charge in [0.05, 0.1) is 7.11 Å². The van der Waals surface area contributed by atoms with Gasteiger partial charge >= 0.3 is 0 Å². The largest absolute Gasteiger partial charge is 0.497 e. The highest BCUT2D eigenvalue weighted by atomic mass is 19.1. The molecule has 1 aromatic carbocycles. The third-order valence-electron chi connectivity index (χ3n) is 4.30. The first kappa shape index (κ1) is 18.0. The molecule has 1 fully saturated rings. The Morgan fingerprint density at radius 2 is 2.33 bits per heavy atom. The smallest absolute Gasteiger partial charge is 0.220 e. The molecular formula is C18H23FN2O3. The Kier molecular flexibility index (Phi) is 5.95. The highest BCUT2D eigenvalue weighted by Crippen LogP contribution is 2.31. The monoisotopic (exact) mass is 334 g/mol. The van der Waals surface area contributed by atoms with Crippen molar-refractivity contribution >= 4 is 11.8 Å². The van der Waals surface area contributed by atoms with Gasteiger partial charge in [0.15, 0.2) is 0 Å². The minimum atomic E-state index is -0.585. The van der Waals surface area contributed by atoms with Gasteiger partial charge in [0.1, 0.15) is 11.6 Å². The third-order valence-corrected chi connectivity index (χ3v) is 4.30. The van der Waals surface area contributed by atoms with Crippen LogP contribution in [0.3, 0.4) is 0 Å². The number of methoxy groups -OCH3 is 1. The summed E-state index contributed by atoms with van der Waals surface area (Å²) in [6.07, 6.45) is 3.68. The second-order valence-electron chi connectivity index (χ2n) is 6.06. The summed E-state index contributed by atoms with van der Waals surface area (Å²) in [6, 6.07) is 4.69. The fourth-order valence-corrected chi connectivity index (χ4v) is 2.97. The predicted octanol–water partition coefficient (Wildman–Crippen LogP) is 2.11. The van der Waals surface area contributed by atoms with Crippen LogP contribution in [0.5, 0.6) is 5.75 Å². The van der Waals surface area contributed by atoms with Crippen LogP contribution in [0.25, 0.3) is 0 Å². The van der Waals surface area contributed by atoms with Gasteiger partial charge in [0, 0.05) is 31.0 Å². The van der Waals surface area contributed by atoms with Crippen molar-refractivity contribution in [2.24, 2.45) is 0 Å². The van der Waals surface area contributed by atoms with E-state index in [1.165, 1.54) is 13.2 Å². The summed E-state index contributed by atoms with van der Waals surface area (Å²) in [6.45, 7) is 3.96. The zero-order chi connectivity index (χ0) is 17.6. The van der Waals surface area contributed by atoms with Gasteiger partial charge in [-0.25, -0.2) is 4.39 Å². The van der Waals surface area contributed by atoms with E-state index in [0.717, 1.165) is 0 Å². The van der Waals surface area contributed by atoms with E-state index in [9.17, 15) is 14.0 Å². The fourth-order valence-electron chi connectivity index (χ4n) is 2.97. The topological polar surface area (TPSA) is 67.4 Å². The summed E-state index contributed by atoms with van der Waals surface area (Å²) in [5, 5.41) is 5.66. The van der Waals surface area contributed by atoms with Crippen LogP contribution < -0.4 is 15.4 Å². The highest BCUT2D eigenvalue weighted by molar-refractivity contribution is 5.80. The van der Waals surface area contributed by atoms with Crippen molar-refractivity contribution in [3.8, 4) is 5.75 Å². The molecule has 1 aromatic rings. The maximum absolute atomic E-state index is 14.2. The number of hydrogen-bond donors (Lipinski definition) is 2. The Morgan fingerprint density at radius 1 is 1.54 bits per heavy atom. The zero-order valence-electron chi connectivity index (χ0n) is 13.9. The number of rotatable bonds is 8. The van der Waals surface area contributed by atoms with Gasteiger partial charge in [0.25, 0.3) is 0 Å². The molecule has 0 radical (unpaired) electrons. The molecule has 1 saturated heterocycles. The van der Waals surface area contributed by atoms with Crippen molar-refractivity contribution in [1.82, 2.24) is 10.6 Å². The molecule has 0 saturated carbocycles. The van der Waals surface area contributed by atoms with E-state index in [1.54, 1.807) is 18.2 Å². The van der Waals surface area contributed by atoms with Crippen LogP contribution in [0.15, 0.2) is 30.9 Å². The minimum Gasteiger partial charge on any atom is -0.497 e. The van der Waals surface area contributed by atoms with E-state index in [4.69, 9.17) is 4.74 Å². The normalized spacial score (nSPS) is 19.7. The average molecular weight is 334 g/mol. The van der Waals surface area contributed by atoms with Crippen LogP contribution in [0.2, 0.25) is 0 Å². The van der Waals surface area contributed by atoms with Crippen molar-refractivity contribution in [1.29, 1.82) is 0 Å². The van der Waals surface area contributed by atoms with Gasteiger partial charge in [0.2, 0.25) is 11.8 Å². The summed E-state index contributed by atoms with van der Waals surface area (Å²) in [5.74, 6) is -0.0865. The summed E-state index contributed by atoms with van der Waals surface area (Å²) in [4.78, 5) is 23.5. The van der Waals surface area contributed by atoms with Crippen LogP contribution in [0, 0.1) is 5.82 Å². The van der Waals surface area contributed by atoms with E-state index in [0.29, 0.717) is 43.5 Å². The highest BCUT2D eigenvalue weighted by Gasteiger charge is 2.38. The SMILES string of the molecule is C=CCNC(=O)CC[C@@]1(Cc2ccc(OC)cc2F)CCC(=O)N1. The first-order valence-corrected chi connectivity index (χ1v) is 7.99. The molecule has 0 spiro atoms. The lowest BCUT2D eigenvalue weighted by Crippen LogP contribution is -2.44. The Hall–Kier alpha value is -2.37. The number of halogens is 1. The predicted molar refractivity (Wildman–Crippen MR) is 89.2 cm³/mol. The number of nitrogens with one attached hydrogen (secondary N) is 2. The molecule has 2 amide bonds. The van der Waals surface area contributed by atoms with Crippen LogP contribution in [-0.4, -0.2) is 31.0 Å². The number of hydrogen-bond acceptors (Lipinski definition) is 3. The van der Waals surface area contributed by atoms with Gasteiger partial charge in [-0.05, 0) is 30.9 Å². The maximum atomic E-state index is 14.2. The van der Waals surface area contributed by atoms with E-state index >= 15 is 0 Å². The molecule has 0 aromatic heterocycles. The quantitative estimate of drug-likeness (QED) is 0.716. The molecule has 1 aliphatic rings.